The molecule has 1 aromatic heterocycles. The average Bonchev–Trinajstić information content (AvgIpc) is 3.08. The Labute approximate surface area is 155 Å². The molecule has 0 aliphatic carbocycles. The lowest BCUT2D eigenvalue weighted by Crippen LogP contribution is -2.29. The second kappa shape index (κ2) is 6.80. The molecule has 1 aliphatic rings. The lowest BCUT2D eigenvalue weighted by molar-refractivity contribution is -0.115. The number of rotatable bonds is 3. The number of nitrogens with zero attached hydrogens (tertiary/aromatic N) is 4. The summed E-state index contributed by atoms with van der Waals surface area (Å²) < 4.78 is 6.88. The quantitative estimate of drug-likeness (QED) is 0.887. The maximum absolute atomic E-state index is 12.4. The first kappa shape index (κ1) is 17.9. The molecule has 0 fully saturated rings. The van der Waals surface area contributed by atoms with Crippen molar-refractivity contribution in [3.63, 3.8) is 0 Å². The molecule has 1 atom stereocenters. The van der Waals surface area contributed by atoms with Gasteiger partial charge in [-0.3, -0.25) is 4.79 Å². The van der Waals surface area contributed by atoms with Crippen LogP contribution in [0.3, 0.4) is 0 Å². The summed E-state index contributed by atoms with van der Waals surface area (Å²) in [6.45, 7) is 1.74. The minimum absolute atomic E-state index is 0.197. The number of halogens is 1. The van der Waals surface area contributed by atoms with Crippen LogP contribution in [-0.2, 0) is 16.6 Å². The fraction of sp³-hybridized carbons (Fsp3) is 0.294. The fourth-order valence-electron chi connectivity index (χ4n) is 2.52. The van der Waals surface area contributed by atoms with Gasteiger partial charge in [-0.2, -0.15) is 5.10 Å². The minimum atomic E-state index is -0.569. The Kier molecular flexibility index (Phi) is 4.69. The van der Waals surface area contributed by atoms with E-state index in [4.69, 9.17) is 16.3 Å². The van der Waals surface area contributed by atoms with Gasteiger partial charge in [0.15, 0.2) is 11.6 Å². The van der Waals surface area contributed by atoms with Crippen LogP contribution in [0.1, 0.15) is 12.7 Å². The molecular weight excluding hydrogens is 358 g/mol. The summed E-state index contributed by atoms with van der Waals surface area (Å²) in [5, 5.41) is 7.70. The summed E-state index contributed by atoms with van der Waals surface area (Å²) in [4.78, 5) is 30.1. The molecule has 1 unspecified atom stereocenters. The van der Waals surface area contributed by atoms with Crippen molar-refractivity contribution in [1.82, 2.24) is 25.0 Å². The van der Waals surface area contributed by atoms with E-state index in [1.165, 1.54) is 9.58 Å². The third-order valence-corrected chi connectivity index (χ3v) is 4.12. The first-order valence-electron chi connectivity index (χ1n) is 7.89. The predicted octanol–water partition coefficient (Wildman–Crippen LogP) is 2.06. The van der Waals surface area contributed by atoms with E-state index in [1.54, 1.807) is 52.3 Å². The number of aromatic nitrogens is 3. The molecule has 1 aliphatic heterocycles. The summed E-state index contributed by atoms with van der Waals surface area (Å²) >= 11 is 5.91. The zero-order valence-corrected chi connectivity index (χ0v) is 15.5. The Morgan fingerprint density at radius 1 is 1.31 bits per heavy atom. The van der Waals surface area contributed by atoms with Crippen LogP contribution >= 0.6 is 11.6 Å². The van der Waals surface area contributed by atoms with Crippen LogP contribution in [0.4, 0.5) is 4.79 Å². The Morgan fingerprint density at radius 2 is 1.96 bits per heavy atom. The topological polar surface area (TPSA) is 89.4 Å². The highest BCUT2D eigenvalue weighted by molar-refractivity contribution is 6.30. The SMILES string of the molecule is CC1NC(=O)C(c2nc(-c3ccc(Cl)cc3)nn2C)=C1OC(=O)N(C)C. The molecular formula is C17H18ClN5O3. The molecule has 8 nitrogen and oxygen atoms in total. The van der Waals surface area contributed by atoms with Crippen LogP contribution < -0.4 is 5.32 Å². The monoisotopic (exact) mass is 375 g/mol. The van der Waals surface area contributed by atoms with Gasteiger partial charge in [0.1, 0.15) is 11.3 Å². The van der Waals surface area contributed by atoms with Gasteiger partial charge in [0.2, 0.25) is 0 Å². The van der Waals surface area contributed by atoms with Crippen LogP contribution in [-0.4, -0.2) is 51.8 Å². The first-order chi connectivity index (χ1) is 12.3. The average molecular weight is 376 g/mol. The van der Waals surface area contributed by atoms with Crippen molar-refractivity contribution < 1.29 is 14.3 Å². The Morgan fingerprint density at radius 3 is 2.58 bits per heavy atom. The third kappa shape index (κ3) is 3.28. The number of aryl methyl sites for hydroxylation is 1. The summed E-state index contributed by atoms with van der Waals surface area (Å²) in [6, 6.07) is 6.61. The van der Waals surface area contributed by atoms with Gasteiger partial charge in [0.25, 0.3) is 5.91 Å². The van der Waals surface area contributed by atoms with Gasteiger partial charge >= 0.3 is 6.09 Å². The number of ether oxygens (including phenoxy) is 1. The highest BCUT2D eigenvalue weighted by atomic mass is 35.5. The van der Waals surface area contributed by atoms with Gasteiger partial charge in [-0.1, -0.05) is 11.6 Å². The lowest BCUT2D eigenvalue weighted by Gasteiger charge is -2.14. The third-order valence-electron chi connectivity index (χ3n) is 3.87. The normalized spacial score (nSPS) is 16.7. The van der Waals surface area contributed by atoms with Crippen molar-refractivity contribution in [2.45, 2.75) is 13.0 Å². The summed E-state index contributed by atoms with van der Waals surface area (Å²) in [5.41, 5.74) is 0.957. The van der Waals surface area contributed by atoms with Crippen LogP contribution in [0.25, 0.3) is 17.0 Å². The van der Waals surface area contributed by atoms with Crippen molar-refractivity contribution in [1.29, 1.82) is 0 Å². The maximum atomic E-state index is 12.4. The smallest absolute Gasteiger partial charge is 0.412 e. The molecule has 1 N–H and O–H groups in total. The molecule has 0 bridgehead atoms. The molecule has 26 heavy (non-hydrogen) atoms. The molecule has 136 valence electrons. The largest absolute Gasteiger partial charge is 0.414 e. The molecule has 1 aromatic carbocycles. The van der Waals surface area contributed by atoms with Crippen molar-refractivity contribution in [2.24, 2.45) is 7.05 Å². The van der Waals surface area contributed by atoms with Gasteiger partial charge < -0.3 is 15.0 Å². The van der Waals surface area contributed by atoms with Crippen LogP contribution in [0.5, 0.6) is 0 Å². The van der Waals surface area contributed by atoms with Crippen molar-refractivity contribution in [3.05, 3.63) is 40.9 Å². The van der Waals surface area contributed by atoms with Gasteiger partial charge in [-0.15, -0.1) is 0 Å². The van der Waals surface area contributed by atoms with E-state index < -0.39 is 12.1 Å². The van der Waals surface area contributed by atoms with Gasteiger partial charge in [0, 0.05) is 31.7 Å². The van der Waals surface area contributed by atoms with Gasteiger partial charge in [-0.05, 0) is 31.2 Å². The van der Waals surface area contributed by atoms with E-state index in [1.807, 2.05) is 0 Å². The van der Waals surface area contributed by atoms with Gasteiger partial charge in [-0.25, -0.2) is 14.5 Å². The Balaban J connectivity index is 2.05. The number of carbonyl (C=O) groups excluding carboxylic acids is 2. The highest BCUT2D eigenvalue weighted by Gasteiger charge is 2.36. The van der Waals surface area contributed by atoms with Crippen molar-refractivity contribution in [3.8, 4) is 11.4 Å². The van der Waals surface area contributed by atoms with E-state index >= 15 is 0 Å². The summed E-state index contributed by atoms with van der Waals surface area (Å²) in [7, 11) is 4.81. The van der Waals surface area contributed by atoms with E-state index in [0.29, 0.717) is 16.7 Å². The maximum Gasteiger partial charge on any atom is 0.414 e. The lowest BCUT2D eigenvalue weighted by atomic mass is 10.2. The zero-order chi connectivity index (χ0) is 19.0. The molecule has 2 aromatic rings. The highest BCUT2D eigenvalue weighted by Crippen LogP contribution is 2.28. The number of amides is 2. The second-order valence-corrected chi connectivity index (χ2v) is 6.52. The molecule has 2 heterocycles. The second-order valence-electron chi connectivity index (χ2n) is 6.09. The van der Waals surface area contributed by atoms with E-state index in [9.17, 15) is 9.59 Å². The molecule has 0 radical (unpaired) electrons. The number of carbonyl (C=O) groups is 2. The van der Waals surface area contributed by atoms with Crippen molar-refractivity contribution in [2.75, 3.05) is 14.1 Å². The predicted molar refractivity (Wildman–Crippen MR) is 96.1 cm³/mol. The number of nitrogens with one attached hydrogen (secondary N) is 1. The molecule has 9 heteroatoms. The Bertz CT molecular complexity index is 902. The van der Waals surface area contributed by atoms with E-state index in [2.05, 4.69) is 15.4 Å². The van der Waals surface area contributed by atoms with Gasteiger partial charge in [0.05, 0.1) is 6.04 Å². The Hall–Kier alpha value is -2.87. The van der Waals surface area contributed by atoms with Crippen LogP contribution in [0.2, 0.25) is 5.02 Å². The molecule has 0 saturated carbocycles. The number of hydrogen-bond donors (Lipinski definition) is 1. The first-order valence-corrected chi connectivity index (χ1v) is 8.27. The minimum Gasteiger partial charge on any atom is -0.412 e. The zero-order valence-electron chi connectivity index (χ0n) is 14.8. The molecule has 2 amide bonds. The summed E-state index contributed by atoms with van der Waals surface area (Å²) in [5.74, 6) is 0.625. The van der Waals surface area contributed by atoms with Crippen LogP contribution in [0, 0.1) is 0 Å². The van der Waals surface area contributed by atoms with Crippen LogP contribution in [0.15, 0.2) is 30.0 Å². The molecule has 0 saturated heterocycles. The molecule has 3 rings (SSSR count). The molecule has 0 spiro atoms. The van der Waals surface area contributed by atoms with Crippen molar-refractivity contribution >= 4 is 29.2 Å². The number of hydrogen-bond acceptors (Lipinski definition) is 5. The number of benzene rings is 1. The van der Waals surface area contributed by atoms with E-state index in [-0.39, 0.29) is 17.2 Å². The summed E-state index contributed by atoms with van der Waals surface area (Å²) in [6.07, 6.45) is -0.569. The van der Waals surface area contributed by atoms with E-state index in [0.717, 1.165) is 5.56 Å². The standard InChI is InChI=1S/C17H18ClN5O3/c1-9-13(26-17(25)22(2)3)12(16(24)19-9)15-20-14(21-23(15)4)10-5-7-11(18)8-6-10/h5-9H,1-4H3,(H,19,24). The fourth-order valence-corrected chi connectivity index (χ4v) is 2.65.